The minimum Gasteiger partial charge on any atom is -0.476 e. The van der Waals surface area contributed by atoms with E-state index in [0.717, 1.165) is 37.4 Å². The summed E-state index contributed by atoms with van der Waals surface area (Å²) in [5.41, 5.74) is 2.23. The van der Waals surface area contributed by atoms with Crippen LogP contribution in [0.4, 0.5) is 5.82 Å². The van der Waals surface area contributed by atoms with Gasteiger partial charge in [0.25, 0.3) is 0 Å². The molecule has 6 heteroatoms. The van der Waals surface area contributed by atoms with E-state index in [1.165, 1.54) is 5.56 Å². The van der Waals surface area contributed by atoms with Gasteiger partial charge in [-0.3, -0.25) is 4.98 Å². The minimum atomic E-state index is 0.557. The van der Waals surface area contributed by atoms with E-state index in [1.807, 2.05) is 6.92 Å². The molecule has 6 nitrogen and oxygen atoms in total. The van der Waals surface area contributed by atoms with Crippen LogP contribution in [0.1, 0.15) is 24.1 Å². The van der Waals surface area contributed by atoms with E-state index < -0.39 is 0 Å². The van der Waals surface area contributed by atoms with Crippen LogP contribution < -0.4 is 9.64 Å². The predicted molar refractivity (Wildman–Crippen MR) is 84.0 cm³/mol. The highest BCUT2D eigenvalue weighted by atomic mass is 16.5. The summed E-state index contributed by atoms with van der Waals surface area (Å²) in [5, 5.41) is 0. The molecule has 1 saturated heterocycles. The molecule has 0 saturated carbocycles. The van der Waals surface area contributed by atoms with Crippen molar-refractivity contribution >= 4 is 5.82 Å². The molecule has 0 aromatic carbocycles. The summed E-state index contributed by atoms with van der Waals surface area (Å²) in [7, 11) is 0. The van der Waals surface area contributed by atoms with Gasteiger partial charge in [0.1, 0.15) is 12.1 Å². The molecule has 0 spiro atoms. The van der Waals surface area contributed by atoms with Crippen molar-refractivity contribution in [3.63, 3.8) is 0 Å². The molecule has 2 aromatic rings. The SMILES string of the molecule is Cc1ncnc(N2CCC(COc3cnccn3)CC2)c1C. The molecule has 1 aliphatic rings. The average molecular weight is 299 g/mol. The monoisotopic (exact) mass is 299 g/mol. The summed E-state index contributed by atoms with van der Waals surface area (Å²) in [6.07, 6.45) is 8.81. The van der Waals surface area contributed by atoms with Gasteiger partial charge < -0.3 is 9.64 Å². The zero-order chi connectivity index (χ0) is 15.4. The number of nitrogens with zero attached hydrogens (tertiary/aromatic N) is 5. The summed E-state index contributed by atoms with van der Waals surface area (Å²) < 4.78 is 5.71. The van der Waals surface area contributed by atoms with Crippen LogP contribution in [0.2, 0.25) is 0 Å². The summed E-state index contributed by atoms with van der Waals surface area (Å²) in [6, 6.07) is 0. The molecule has 1 aliphatic heterocycles. The number of ether oxygens (including phenoxy) is 1. The maximum absolute atomic E-state index is 5.71. The van der Waals surface area contributed by atoms with Crippen LogP contribution >= 0.6 is 0 Å². The maximum atomic E-state index is 5.71. The summed E-state index contributed by atoms with van der Waals surface area (Å²) in [4.78, 5) is 19.2. The van der Waals surface area contributed by atoms with Gasteiger partial charge in [-0.15, -0.1) is 0 Å². The molecule has 116 valence electrons. The van der Waals surface area contributed by atoms with E-state index in [1.54, 1.807) is 24.9 Å². The Morgan fingerprint density at radius 2 is 1.95 bits per heavy atom. The molecule has 0 unspecified atom stereocenters. The Morgan fingerprint density at radius 1 is 1.14 bits per heavy atom. The molecule has 3 rings (SSSR count). The Kier molecular flexibility index (Phi) is 4.46. The minimum absolute atomic E-state index is 0.557. The number of hydrogen-bond donors (Lipinski definition) is 0. The second kappa shape index (κ2) is 6.68. The second-order valence-electron chi connectivity index (χ2n) is 5.69. The molecule has 3 heterocycles. The molecule has 0 amide bonds. The molecule has 1 fully saturated rings. The summed E-state index contributed by atoms with van der Waals surface area (Å²) in [6.45, 7) is 6.84. The molecule has 0 N–H and O–H groups in total. The first kappa shape index (κ1) is 14.7. The van der Waals surface area contributed by atoms with Gasteiger partial charge in [0, 0.05) is 36.7 Å². The van der Waals surface area contributed by atoms with Gasteiger partial charge in [0.2, 0.25) is 5.88 Å². The van der Waals surface area contributed by atoms with Gasteiger partial charge >= 0.3 is 0 Å². The van der Waals surface area contributed by atoms with Crippen molar-refractivity contribution in [2.24, 2.45) is 5.92 Å². The van der Waals surface area contributed by atoms with Crippen LogP contribution in [0.25, 0.3) is 0 Å². The maximum Gasteiger partial charge on any atom is 0.232 e. The fourth-order valence-electron chi connectivity index (χ4n) is 2.72. The van der Waals surface area contributed by atoms with Crippen LogP contribution in [0.15, 0.2) is 24.9 Å². The third-order valence-corrected chi connectivity index (χ3v) is 4.23. The molecule has 0 atom stereocenters. The van der Waals surface area contributed by atoms with E-state index in [9.17, 15) is 0 Å². The number of anilines is 1. The molecule has 22 heavy (non-hydrogen) atoms. The lowest BCUT2D eigenvalue weighted by atomic mass is 9.97. The number of aromatic nitrogens is 4. The largest absolute Gasteiger partial charge is 0.476 e. The Bertz CT molecular complexity index is 611. The highest BCUT2D eigenvalue weighted by Gasteiger charge is 2.22. The number of rotatable bonds is 4. The van der Waals surface area contributed by atoms with Gasteiger partial charge in [-0.2, -0.15) is 0 Å². The normalized spacial score (nSPS) is 15.8. The van der Waals surface area contributed by atoms with Crippen molar-refractivity contribution < 1.29 is 4.74 Å². The Labute approximate surface area is 130 Å². The van der Waals surface area contributed by atoms with Crippen LogP contribution in [0, 0.1) is 19.8 Å². The highest BCUT2D eigenvalue weighted by molar-refractivity contribution is 5.47. The van der Waals surface area contributed by atoms with Gasteiger partial charge in [0.05, 0.1) is 12.8 Å². The summed E-state index contributed by atoms with van der Waals surface area (Å²) in [5.74, 6) is 2.23. The lowest BCUT2D eigenvalue weighted by Crippen LogP contribution is -2.36. The molecule has 0 aliphatic carbocycles. The number of aryl methyl sites for hydroxylation is 1. The fraction of sp³-hybridized carbons (Fsp3) is 0.500. The quantitative estimate of drug-likeness (QED) is 0.862. The van der Waals surface area contributed by atoms with E-state index in [0.29, 0.717) is 18.4 Å². The standard InChI is InChI=1S/C16H21N5O/c1-12-13(2)19-11-20-16(12)21-7-3-14(4-8-21)10-22-15-9-17-5-6-18-15/h5-6,9,11,14H,3-4,7-8,10H2,1-2H3. The first-order chi connectivity index (χ1) is 10.7. The Hall–Kier alpha value is -2.24. The van der Waals surface area contributed by atoms with E-state index >= 15 is 0 Å². The van der Waals surface area contributed by atoms with Gasteiger partial charge in [0.15, 0.2) is 0 Å². The lowest BCUT2D eigenvalue weighted by molar-refractivity contribution is 0.215. The zero-order valence-corrected chi connectivity index (χ0v) is 13.1. The number of piperidine rings is 1. The van der Waals surface area contributed by atoms with E-state index in [4.69, 9.17) is 4.74 Å². The number of hydrogen-bond acceptors (Lipinski definition) is 6. The van der Waals surface area contributed by atoms with Gasteiger partial charge in [-0.1, -0.05) is 0 Å². The average Bonchev–Trinajstić information content (AvgIpc) is 2.57. The van der Waals surface area contributed by atoms with Crippen molar-refractivity contribution in [1.82, 2.24) is 19.9 Å². The van der Waals surface area contributed by atoms with Crippen molar-refractivity contribution in [3.05, 3.63) is 36.2 Å². The van der Waals surface area contributed by atoms with Crippen molar-refractivity contribution in [3.8, 4) is 5.88 Å². The third kappa shape index (κ3) is 3.32. The second-order valence-corrected chi connectivity index (χ2v) is 5.69. The first-order valence-corrected chi connectivity index (χ1v) is 7.66. The summed E-state index contributed by atoms with van der Waals surface area (Å²) >= 11 is 0. The van der Waals surface area contributed by atoms with Crippen molar-refractivity contribution in [2.45, 2.75) is 26.7 Å². The van der Waals surface area contributed by atoms with E-state index in [-0.39, 0.29) is 0 Å². The predicted octanol–water partition coefficient (Wildman–Crippen LogP) is 2.18. The van der Waals surface area contributed by atoms with Crippen LogP contribution in [-0.4, -0.2) is 39.6 Å². The Balaban J connectivity index is 1.53. The topological polar surface area (TPSA) is 64.0 Å². The van der Waals surface area contributed by atoms with Crippen molar-refractivity contribution in [1.29, 1.82) is 0 Å². The molecule has 0 radical (unpaired) electrons. The molecule has 2 aromatic heterocycles. The Morgan fingerprint density at radius 3 is 2.68 bits per heavy atom. The highest BCUT2D eigenvalue weighted by Crippen LogP contribution is 2.25. The van der Waals surface area contributed by atoms with Crippen LogP contribution in [-0.2, 0) is 0 Å². The molecule has 0 bridgehead atoms. The smallest absolute Gasteiger partial charge is 0.232 e. The fourth-order valence-corrected chi connectivity index (χ4v) is 2.72. The zero-order valence-electron chi connectivity index (χ0n) is 13.1. The van der Waals surface area contributed by atoms with Gasteiger partial charge in [-0.05, 0) is 32.6 Å². The van der Waals surface area contributed by atoms with Crippen LogP contribution in [0.3, 0.4) is 0 Å². The third-order valence-electron chi connectivity index (χ3n) is 4.23. The first-order valence-electron chi connectivity index (χ1n) is 7.66. The van der Waals surface area contributed by atoms with Gasteiger partial charge in [-0.25, -0.2) is 15.0 Å². The van der Waals surface area contributed by atoms with Crippen molar-refractivity contribution in [2.75, 3.05) is 24.6 Å². The molecular weight excluding hydrogens is 278 g/mol. The molecular formula is C16H21N5O. The van der Waals surface area contributed by atoms with Crippen LogP contribution in [0.5, 0.6) is 5.88 Å². The van der Waals surface area contributed by atoms with E-state index in [2.05, 4.69) is 31.8 Å². The lowest BCUT2D eigenvalue weighted by Gasteiger charge is -2.33.